The van der Waals surface area contributed by atoms with Gasteiger partial charge in [-0.15, -0.1) is 0 Å². The van der Waals surface area contributed by atoms with Crippen molar-refractivity contribution in [1.29, 1.82) is 0 Å². The molecule has 0 aromatic heterocycles. The lowest BCUT2D eigenvalue weighted by Crippen LogP contribution is -2.45. The maximum atomic E-state index is 13.9. The third-order valence-corrected chi connectivity index (χ3v) is 4.48. The molecule has 2 unspecified atom stereocenters. The molecule has 1 aliphatic rings. The molecule has 1 aliphatic heterocycles. The van der Waals surface area contributed by atoms with E-state index in [0.717, 1.165) is 0 Å². The third kappa shape index (κ3) is 3.25. The zero-order valence-corrected chi connectivity index (χ0v) is 13.8. The molecule has 1 N–H and O–H groups in total. The van der Waals surface area contributed by atoms with Crippen LogP contribution in [0.3, 0.4) is 0 Å². The molecule has 130 valence electrons. The topological polar surface area (TPSA) is 60.9 Å². The molecule has 0 radical (unpaired) electrons. The van der Waals surface area contributed by atoms with Crippen LogP contribution in [0.4, 0.5) is 10.1 Å². The SMILES string of the molecule is CN(C(=O)C(O)c1ccccc1)C1CCN(c2ccccc2F)C1=O. The molecule has 5 nitrogen and oxygen atoms in total. The number of anilines is 1. The zero-order valence-electron chi connectivity index (χ0n) is 13.8. The van der Waals surface area contributed by atoms with E-state index in [-0.39, 0.29) is 11.6 Å². The average molecular weight is 342 g/mol. The summed E-state index contributed by atoms with van der Waals surface area (Å²) < 4.78 is 13.9. The fraction of sp³-hybridized carbons (Fsp3) is 0.263. The van der Waals surface area contributed by atoms with Crippen LogP contribution in [0.15, 0.2) is 54.6 Å². The molecule has 2 aromatic carbocycles. The highest BCUT2D eigenvalue weighted by Crippen LogP contribution is 2.27. The highest BCUT2D eigenvalue weighted by atomic mass is 19.1. The Labute approximate surface area is 145 Å². The molecule has 3 rings (SSSR count). The Bertz CT molecular complexity index is 781. The van der Waals surface area contributed by atoms with Gasteiger partial charge in [0.15, 0.2) is 6.10 Å². The summed E-state index contributed by atoms with van der Waals surface area (Å²) in [6, 6.07) is 13.9. The fourth-order valence-corrected chi connectivity index (χ4v) is 3.06. The minimum atomic E-state index is -1.33. The largest absolute Gasteiger partial charge is 0.378 e. The van der Waals surface area contributed by atoms with E-state index < -0.39 is 23.9 Å². The number of para-hydroxylation sites is 1. The minimum Gasteiger partial charge on any atom is -0.378 e. The molecule has 1 fully saturated rings. The molecule has 0 saturated carbocycles. The number of halogens is 1. The summed E-state index contributed by atoms with van der Waals surface area (Å²) in [6.45, 7) is 0.323. The Morgan fingerprint density at radius 2 is 1.84 bits per heavy atom. The highest BCUT2D eigenvalue weighted by Gasteiger charge is 2.39. The number of aliphatic hydroxyl groups is 1. The highest BCUT2D eigenvalue weighted by molar-refractivity contribution is 6.01. The van der Waals surface area contributed by atoms with E-state index in [1.165, 1.54) is 29.0 Å². The van der Waals surface area contributed by atoms with Gasteiger partial charge in [0.1, 0.15) is 11.9 Å². The summed E-state index contributed by atoms with van der Waals surface area (Å²) in [5, 5.41) is 10.3. The number of amides is 2. The number of carbonyl (C=O) groups excluding carboxylic acids is 2. The van der Waals surface area contributed by atoms with Crippen LogP contribution in [0.1, 0.15) is 18.1 Å². The minimum absolute atomic E-state index is 0.208. The van der Waals surface area contributed by atoms with E-state index in [9.17, 15) is 19.1 Å². The van der Waals surface area contributed by atoms with Gasteiger partial charge >= 0.3 is 0 Å². The Morgan fingerprint density at radius 1 is 1.20 bits per heavy atom. The first kappa shape index (κ1) is 17.1. The monoisotopic (exact) mass is 342 g/mol. The summed E-state index contributed by atoms with van der Waals surface area (Å²) >= 11 is 0. The summed E-state index contributed by atoms with van der Waals surface area (Å²) in [6.07, 6.45) is -0.946. The second-order valence-corrected chi connectivity index (χ2v) is 6.01. The first-order valence-electron chi connectivity index (χ1n) is 8.06. The van der Waals surface area contributed by atoms with Crippen LogP contribution in [-0.2, 0) is 9.59 Å². The number of hydrogen-bond acceptors (Lipinski definition) is 3. The van der Waals surface area contributed by atoms with Crippen molar-refractivity contribution in [2.45, 2.75) is 18.6 Å². The maximum absolute atomic E-state index is 13.9. The lowest BCUT2D eigenvalue weighted by atomic mass is 10.1. The Balaban J connectivity index is 1.75. The molecule has 2 atom stereocenters. The van der Waals surface area contributed by atoms with Gasteiger partial charge in [-0.2, -0.15) is 0 Å². The average Bonchev–Trinajstić information content (AvgIpc) is 3.02. The van der Waals surface area contributed by atoms with Crippen molar-refractivity contribution in [2.75, 3.05) is 18.5 Å². The smallest absolute Gasteiger partial charge is 0.256 e. The number of hydrogen-bond donors (Lipinski definition) is 1. The van der Waals surface area contributed by atoms with Gasteiger partial charge in [0.05, 0.1) is 5.69 Å². The molecule has 2 aromatic rings. The van der Waals surface area contributed by atoms with E-state index >= 15 is 0 Å². The van der Waals surface area contributed by atoms with Gasteiger partial charge in [-0.25, -0.2) is 4.39 Å². The molecule has 1 saturated heterocycles. The summed E-state index contributed by atoms with van der Waals surface area (Å²) in [4.78, 5) is 27.8. The number of carbonyl (C=O) groups is 2. The molecular weight excluding hydrogens is 323 g/mol. The standard InChI is InChI=1S/C19H19FN2O3/c1-21(19(25)17(23)13-7-3-2-4-8-13)16-11-12-22(18(16)24)15-10-6-5-9-14(15)20/h2-10,16-17,23H,11-12H2,1H3. The second-order valence-electron chi connectivity index (χ2n) is 6.01. The van der Waals surface area contributed by atoms with E-state index in [1.807, 2.05) is 0 Å². The maximum Gasteiger partial charge on any atom is 0.256 e. The number of nitrogens with zero attached hydrogens (tertiary/aromatic N) is 2. The molecular formula is C19H19FN2O3. The Hall–Kier alpha value is -2.73. The molecule has 25 heavy (non-hydrogen) atoms. The van der Waals surface area contributed by atoms with Gasteiger partial charge in [-0.3, -0.25) is 9.59 Å². The van der Waals surface area contributed by atoms with Crippen molar-refractivity contribution in [3.8, 4) is 0 Å². The van der Waals surface area contributed by atoms with Gasteiger partial charge in [-0.1, -0.05) is 42.5 Å². The van der Waals surface area contributed by atoms with Crippen molar-refractivity contribution in [3.05, 3.63) is 66.0 Å². The Morgan fingerprint density at radius 3 is 2.52 bits per heavy atom. The number of benzene rings is 2. The summed E-state index contributed by atoms with van der Waals surface area (Å²) in [5.41, 5.74) is 0.676. The molecule has 0 spiro atoms. The van der Waals surface area contributed by atoms with Crippen molar-refractivity contribution in [3.63, 3.8) is 0 Å². The van der Waals surface area contributed by atoms with Crippen LogP contribution in [0.2, 0.25) is 0 Å². The van der Waals surface area contributed by atoms with Crippen molar-refractivity contribution >= 4 is 17.5 Å². The number of rotatable bonds is 4. The van der Waals surface area contributed by atoms with Gasteiger partial charge < -0.3 is 14.9 Å². The summed E-state index contributed by atoms with van der Waals surface area (Å²) in [7, 11) is 1.49. The number of aliphatic hydroxyl groups excluding tert-OH is 1. The van der Waals surface area contributed by atoms with Crippen molar-refractivity contribution in [2.24, 2.45) is 0 Å². The molecule has 0 aliphatic carbocycles. The van der Waals surface area contributed by atoms with Crippen molar-refractivity contribution in [1.82, 2.24) is 4.90 Å². The number of likely N-dealkylation sites (N-methyl/N-ethyl adjacent to an activating group) is 1. The van der Waals surface area contributed by atoms with Gasteiger partial charge in [0, 0.05) is 13.6 Å². The van der Waals surface area contributed by atoms with E-state index in [1.54, 1.807) is 42.5 Å². The molecule has 1 heterocycles. The van der Waals surface area contributed by atoms with Gasteiger partial charge in [0.2, 0.25) is 5.91 Å². The van der Waals surface area contributed by atoms with Gasteiger partial charge in [-0.05, 0) is 24.1 Å². The van der Waals surface area contributed by atoms with Crippen LogP contribution >= 0.6 is 0 Å². The quantitative estimate of drug-likeness (QED) is 0.926. The van der Waals surface area contributed by atoms with E-state index in [2.05, 4.69) is 0 Å². The predicted octanol–water partition coefficient (Wildman–Crippen LogP) is 2.12. The van der Waals surface area contributed by atoms with Crippen LogP contribution in [-0.4, -0.2) is 41.5 Å². The molecule has 2 amide bonds. The second kappa shape index (κ2) is 7.03. The first-order valence-corrected chi connectivity index (χ1v) is 8.06. The van der Waals surface area contributed by atoms with E-state index in [4.69, 9.17) is 0 Å². The van der Waals surface area contributed by atoms with Crippen LogP contribution in [0, 0.1) is 5.82 Å². The predicted molar refractivity (Wildman–Crippen MR) is 91.3 cm³/mol. The Kier molecular flexibility index (Phi) is 4.81. The first-order chi connectivity index (χ1) is 12.0. The lowest BCUT2D eigenvalue weighted by Gasteiger charge is -2.26. The van der Waals surface area contributed by atoms with Crippen LogP contribution in [0.5, 0.6) is 0 Å². The zero-order chi connectivity index (χ0) is 18.0. The molecule has 0 bridgehead atoms. The van der Waals surface area contributed by atoms with Crippen LogP contribution < -0.4 is 4.90 Å². The van der Waals surface area contributed by atoms with Crippen molar-refractivity contribution < 1.29 is 19.1 Å². The molecule has 6 heteroatoms. The lowest BCUT2D eigenvalue weighted by molar-refractivity contribution is -0.144. The van der Waals surface area contributed by atoms with Gasteiger partial charge in [0.25, 0.3) is 5.91 Å². The van der Waals surface area contributed by atoms with Crippen LogP contribution in [0.25, 0.3) is 0 Å². The fourth-order valence-electron chi connectivity index (χ4n) is 3.06. The summed E-state index contributed by atoms with van der Waals surface area (Å²) in [5.74, 6) is -1.38. The third-order valence-electron chi connectivity index (χ3n) is 4.48. The van der Waals surface area contributed by atoms with E-state index in [0.29, 0.717) is 18.5 Å². The normalized spacial score (nSPS) is 18.3.